The van der Waals surface area contributed by atoms with E-state index < -0.39 is 0 Å². The van der Waals surface area contributed by atoms with Gasteiger partial charge in [-0.15, -0.1) is 0 Å². The molecule has 108 valence electrons. The smallest absolute Gasteiger partial charge is 0.0680 e. The lowest BCUT2D eigenvalue weighted by Gasteiger charge is -2.39. The number of rotatable bonds is 7. The molecule has 1 unspecified atom stereocenters. The molecule has 0 aromatic carbocycles. The first kappa shape index (κ1) is 16.0. The van der Waals surface area contributed by atoms with Crippen LogP contribution in [0.5, 0.6) is 0 Å². The van der Waals surface area contributed by atoms with E-state index in [0.717, 1.165) is 12.5 Å². The van der Waals surface area contributed by atoms with Crippen molar-refractivity contribution < 1.29 is 4.74 Å². The van der Waals surface area contributed by atoms with Crippen LogP contribution in [0.15, 0.2) is 0 Å². The van der Waals surface area contributed by atoms with Crippen LogP contribution in [0.2, 0.25) is 0 Å². The summed E-state index contributed by atoms with van der Waals surface area (Å²) in [5, 5.41) is 0. The lowest BCUT2D eigenvalue weighted by atomic mass is 9.74. The Hall–Kier alpha value is -0.0400. The highest BCUT2D eigenvalue weighted by molar-refractivity contribution is 4.87. The Morgan fingerprint density at radius 2 is 1.67 bits per heavy atom. The summed E-state index contributed by atoms with van der Waals surface area (Å²) < 4.78 is 6.47. The summed E-state index contributed by atoms with van der Waals surface area (Å²) >= 11 is 0. The molecule has 0 heterocycles. The van der Waals surface area contributed by atoms with Gasteiger partial charge < -0.3 is 4.74 Å². The minimum absolute atomic E-state index is 0.215. The predicted molar refractivity (Wildman–Crippen MR) is 79.8 cm³/mol. The lowest BCUT2D eigenvalue weighted by molar-refractivity contribution is -0.0944. The molecule has 0 spiro atoms. The molecular formula is C17H34O. The summed E-state index contributed by atoms with van der Waals surface area (Å²) in [4.78, 5) is 0. The minimum Gasteiger partial charge on any atom is -0.374 e. The molecule has 1 nitrogen and oxygen atoms in total. The Balaban J connectivity index is 2.61. The maximum atomic E-state index is 6.47. The molecule has 1 fully saturated rings. The molecule has 1 aliphatic carbocycles. The molecule has 1 aliphatic rings. The van der Waals surface area contributed by atoms with E-state index >= 15 is 0 Å². The first-order chi connectivity index (χ1) is 8.33. The average Bonchev–Trinajstić information content (AvgIpc) is 2.75. The highest BCUT2D eigenvalue weighted by atomic mass is 16.5. The van der Waals surface area contributed by atoms with Crippen LogP contribution >= 0.6 is 0 Å². The highest BCUT2D eigenvalue weighted by Gasteiger charge is 2.37. The van der Waals surface area contributed by atoms with E-state index in [-0.39, 0.29) is 5.60 Å². The zero-order chi connectivity index (χ0) is 13.8. The molecule has 1 atom stereocenters. The quantitative estimate of drug-likeness (QED) is 0.588. The third-order valence-electron chi connectivity index (χ3n) is 5.14. The van der Waals surface area contributed by atoms with Crippen LogP contribution in [-0.4, -0.2) is 12.2 Å². The molecule has 0 saturated heterocycles. The molecule has 18 heavy (non-hydrogen) atoms. The predicted octanol–water partition coefficient (Wildman–Crippen LogP) is 5.43. The Labute approximate surface area is 115 Å². The Kier molecular flexibility index (Phi) is 5.70. The number of hydrogen-bond acceptors (Lipinski definition) is 1. The van der Waals surface area contributed by atoms with E-state index in [1.165, 1.54) is 38.5 Å². The van der Waals surface area contributed by atoms with Gasteiger partial charge in [-0.2, -0.15) is 0 Å². The average molecular weight is 254 g/mol. The van der Waals surface area contributed by atoms with Gasteiger partial charge >= 0.3 is 0 Å². The molecule has 0 aliphatic heterocycles. The molecule has 0 bridgehead atoms. The van der Waals surface area contributed by atoms with Gasteiger partial charge in [0.15, 0.2) is 0 Å². The Morgan fingerprint density at radius 1 is 1.11 bits per heavy atom. The molecular weight excluding hydrogens is 220 g/mol. The Bertz CT molecular complexity index is 238. The summed E-state index contributed by atoms with van der Waals surface area (Å²) in [5.74, 6) is 1.44. The largest absolute Gasteiger partial charge is 0.374 e. The van der Waals surface area contributed by atoms with Crippen LogP contribution in [0.25, 0.3) is 0 Å². The van der Waals surface area contributed by atoms with Crippen molar-refractivity contribution in [2.75, 3.05) is 6.61 Å². The van der Waals surface area contributed by atoms with E-state index in [9.17, 15) is 0 Å². The monoisotopic (exact) mass is 254 g/mol. The molecule has 0 radical (unpaired) electrons. The van der Waals surface area contributed by atoms with Crippen molar-refractivity contribution in [3.63, 3.8) is 0 Å². The van der Waals surface area contributed by atoms with Gasteiger partial charge in [0, 0.05) is 0 Å². The van der Waals surface area contributed by atoms with Crippen LogP contribution in [0.3, 0.4) is 0 Å². The van der Waals surface area contributed by atoms with Gasteiger partial charge in [0.2, 0.25) is 0 Å². The van der Waals surface area contributed by atoms with Gasteiger partial charge in [0.05, 0.1) is 12.2 Å². The summed E-state index contributed by atoms with van der Waals surface area (Å²) in [5.41, 5.74) is 0.548. The normalized spacial score (nSPS) is 22.7. The standard InChI is InChI=1S/C17H34O/c1-7-17(10-8-9-11-17)18-13-16(6,15(4)5)12-14(2)3/h14-15H,7-13H2,1-6H3. The first-order valence-corrected chi connectivity index (χ1v) is 7.97. The van der Waals surface area contributed by atoms with E-state index in [2.05, 4.69) is 41.5 Å². The molecule has 0 amide bonds. The topological polar surface area (TPSA) is 9.23 Å². The zero-order valence-corrected chi connectivity index (χ0v) is 13.5. The van der Waals surface area contributed by atoms with Crippen LogP contribution < -0.4 is 0 Å². The second-order valence-electron chi connectivity index (χ2n) is 7.44. The Morgan fingerprint density at radius 3 is 2.06 bits per heavy atom. The van der Waals surface area contributed by atoms with Gasteiger partial charge in [0.1, 0.15) is 0 Å². The number of hydrogen-bond donors (Lipinski definition) is 0. The minimum atomic E-state index is 0.215. The van der Waals surface area contributed by atoms with E-state index in [1.807, 2.05) is 0 Å². The molecule has 0 N–H and O–H groups in total. The van der Waals surface area contributed by atoms with E-state index in [1.54, 1.807) is 0 Å². The fourth-order valence-electron chi connectivity index (χ4n) is 3.33. The molecule has 1 saturated carbocycles. The molecule has 0 aromatic heterocycles. The molecule has 1 rings (SSSR count). The second-order valence-corrected chi connectivity index (χ2v) is 7.44. The molecule has 1 heteroatoms. The van der Waals surface area contributed by atoms with Crippen molar-refractivity contribution in [3.8, 4) is 0 Å². The SMILES string of the molecule is CCC1(OCC(C)(CC(C)C)C(C)C)CCCC1. The third kappa shape index (κ3) is 3.98. The summed E-state index contributed by atoms with van der Waals surface area (Å²) in [7, 11) is 0. The fraction of sp³-hybridized carbons (Fsp3) is 1.00. The van der Waals surface area contributed by atoms with Crippen LogP contribution in [0, 0.1) is 17.3 Å². The maximum absolute atomic E-state index is 6.47. The maximum Gasteiger partial charge on any atom is 0.0680 e. The van der Waals surface area contributed by atoms with Crippen molar-refractivity contribution >= 4 is 0 Å². The van der Waals surface area contributed by atoms with Crippen molar-refractivity contribution in [1.82, 2.24) is 0 Å². The second kappa shape index (κ2) is 6.41. The van der Waals surface area contributed by atoms with E-state index in [4.69, 9.17) is 4.74 Å². The van der Waals surface area contributed by atoms with Gasteiger partial charge in [-0.1, -0.05) is 54.4 Å². The van der Waals surface area contributed by atoms with Crippen LogP contribution in [-0.2, 0) is 4.74 Å². The van der Waals surface area contributed by atoms with Crippen molar-refractivity contribution in [1.29, 1.82) is 0 Å². The summed E-state index contributed by atoms with van der Waals surface area (Å²) in [6, 6.07) is 0. The lowest BCUT2D eigenvalue weighted by Crippen LogP contribution is -2.37. The molecule has 0 aromatic rings. The van der Waals surface area contributed by atoms with Crippen molar-refractivity contribution in [2.24, 2.45) is 17.3 Å². The third-order valence-corrected chi connectivity index (χ3v) is 5.14. The van der Waals surface area contributed by atoms with Crippen LogP contribution in [0.1, 0.15) is 80.1 Å². The van der Waals surface area contributed by atoms with Gasteiger partial charge in [-0.05, 0) is 42.9 Å². The van der Waals surface area contributed by atoms with Gasteiger partial charge in [0.25, 0.3) is 0 Å². The van der Waals surface area contributed by atoms with Crippen LogP contribution in [0.4, 0.5) is 0 Å². The van der Waals surface area contributed by atoms with Crippen molar-refractivity contribution in [3.05, 3.63) is 0 Å². The van der Waals surface area contributed by atoms with E-state index in [0.29, 0.717) is 11.3 Å². The zero-order valence-electron chi connectivity index (χ0n) is 13.5. The van der Waals surface area contributed by atoms with Gasteiger partial charge in [-0.3, -0.25) is 0 Å². The fourth-order valence-corrected chi connectivity index (χ4v) is 3.33. The highest BCUT2D eigenvalue weighted by Crippen LogP contribution is 2.40. The summed E-state index contributed by atoms with van der Waals surface area (Å²) in [6.07, 6.45) is 7.72. The first-order valence-electron chi connectivity index (χ1n) is 7.97. The van der Waals surface area contributed by atoms with Gasteiger partial charge in [-0.25, -0.2) is 0 Å². The number of ether oxygens (including phenoxy) is 1. The summed E-state index contributed by atoms with van der Waals surface area (Å²) in [6.45, 7) is 15.0. The van der Waals surface area contributed by atoms with Crippen molar-refractivity contribution in [2.45, 2.75) is 85.7 Å².